The molecular formula is C13H14N2O3. The lowest BCUT2D eigenvalue weighted by Crippen LogP contribution is -2.13. The van der Waals surface area contributed by atoms with E-state index in [4.69, 9.17) is 9.63 Å². The van der Waals surface area contributed by atoms with E-state index in [1.807, 2.05) is 20.8 Å². The molecule has 0 saturated carbocycles. The predicted octanol–water partition coefficient (Wildman–Crippen LogP) is 2.73. The van der Waals surface area contributed by atoms with Crippen molar-refractivity contribution < 1.29 is 14.4 Å². The second-order valence-corrected chi connectivity index (χ2v) is 5.06. The van der Waals surface area contributed by atoms with Crippen molar-refractivity contribution in [2.75, 3.05) is 0 Å². The van der Waals surface area contributed by atoms with Crippen molar-refractivity contribution in [2.45, 2.75) is 26.2 Å². The summed E-state index contributed by atoms with van der Waals surface area (Å²) < 4.78 is 5.16. The molecule has 0 spiro atoms. The second kappa shape index (κ2) is 4.25. The molecule has 18 heavy (non-hydrogen) atoms. The Bertz CT molecular complexity index is 582. The SMILES string of the molecule is CC(C)(C)c1noc(-c2cccc(C(=O)O)c2)n1. The van der Waals surface area contributed by atoms with Gasteiger partial charge in [-0.2, -0.15) is 4.98 Å². The van der Waals surface area contributed by atoms with Gasteiger partial charge in [-0.05, 0) is 18.2 Å². The summed E-state index contributed by atoms with van der Waals surface area (Å²) in [5, 5.41) is 12.8. The van der Waals surface area contributed by atoms with Crippen LogP contribution in [-0.4, -0.2) is 21.2 Å². The minimum absolute atomic E-state index is 0.197. The van der Waals surface area contributed by atoms with E-state index in [1.165, 1.54) is 12.1 Å². The van der Waals surface area contributed by atoms with Gasteiger partial charge >= 0.3 is 5.97 Å². The van der Waals surface area contributed by atoms with Crippen LogP contribution in [0.4, 0.5) is 0 Å². The molecule has 2 rings (SSSR count). The Labute approximate surface area is 104 Å². The standard InChI is InChI=1S/C13H14N2O3/c1-13(2,3)12-14-10(18-15-12)8-5-4-6-9(7-8)11(16)17/h4-7H,1-3H3,(H,16,17). The number of benzene rings is 1. The number of hydrogen-bond donors (Lipinski definition) is 1. The van der Waals surface area contributed by atoms with Crippen molar-refractivity contribution in [3.63, 3.8) is 0 Å². The third-order valence-corrected chi connectivity index (χ3v) is 2.45. The number of rotatable bonds is 2. The third kappa shape index (κ3) is 2.40. The quantitative estimate of drug-likeness (QED) is 0.881. The largest absolute Gasteiger partial charge is 0.478 e. The van der Waals surface area contributed by atoms with Crippen molar-refractivity contribution >= 4 is 5.97 Å². The van der Waals surface area contributed by atoms with Crippen LogP contribution in [0.3, 0.4) is 0 Å². The van der Waals surface area contributed by atoms with Crippen LogP contribution in [-0.2, 0) is 5.41 Å². The van der Waals surface area contributed by atoms with Crippen molar-refractivity contribution in [2.24, 2.45) is 0 Å². The fourth-order valence-corrected chi connectivity index (χ4v) is 1.43. The fourth-order valence-electron chi connectivity index (χ4n) is 1.43. The zero-order chi connectivity index (χ0) is 13.3. The summed E-state index contributed by atoms with van der Waals surface area (Å²) in [6.45, 7) is 5.94. The second-order valence-electron chi connectivity index (χ2n) is 5.06. The number of carboxylic acids is 1. The van der Waals surface area contributed by atoms with E-state index in [1.54, 1.807) is 12.1 Å². The normalized spacial score (nSPS) is 11.5. The van der Waals surface area contributed by atoms with E-state index in [-0.39, 0.29) is 11.0 Å². The molecule has 2 aromatic rings. The monoisotopic (exact) mass is 246 g/mol. The van der Waals surface area contributed by atoms with Gasteiger partial charge in [0.25, 0.3) is 5.89 Å². The van der Waals surface area contributed by atoms with Crippen LogP contribution in [0.2, 0.25) is 0 Å². The molecule has 0 aliphatic carbocycles. The number of carbonyl (C=O) groups is 1. The summed E-state index contributed by atoms with van der Waals surface area (Å²) >= 11 is 0. The Morgan fingerprint density at radius 2 is 2.06 bits per heavy atom. The third-order valence-electron chi connectivity index (χ3n) is 2.45. The van der Waals surface area contributed by atoms with E-state index in [0.29, 0.717) is 17.3 Å². The number of aromatic nitrogens is 2. The molecule has 0 saturated heterocycles. The maximum atomic E-state index is 10.9. The van der Waals surface area contributed by atoms with Gasteiger partial charge in [0.1, 0.15) is 0 Å². The Balaban J connectivity index is 2.40. The number of aromatic carboxylic acids is 1. The van der Waals surface area contributed by atoms with E-state index in [0.717, 1.165) is 0 Å². The Morgan fingerprint density at radius 3 is 2.61 bits per heavy atom. The summed E-state index contributed by atoms with van der Waals surface area (Å²) in [4.78, 5) is 15.2. The Kier molecular flexibility index (Phi) is 2.90. The highest BCUT2D eigenvalue weighted by molar-refractivity contribution is 5.88. The maximum absolute atomic E-state index is 10.9. The Hall–Kier alpha value is -2.17. The van der Waals surface area contributed by atoms with Gasteiger partial charge in [0.05, 0.1) is 5.56 Å². The molecule has 1 aromatic carbocycles. The highest BCUT2D eigenvalue weighted by atomic mass is 16.5. The van der Waals surface area contributed by atoms with Gasteiger partial charge in [-0.15, -0.1) is 0 Å². The topological polar surface area (TPSA) is 76.2 Å². The lowest BCUT2D eigenvalue weighted by Gasteiger charge is -2.10. The molecule has 0 radical (unpaired) electrons. The van der Waals surface area contributed by atoms with Crippen LogP contribution >= 0.6 is 0 Å². The average Bonchev–Trinajstić information content (AvgIpc) is 2.78. The van der Waals surface area contributed by atoms with Crippen LogP contribution < -0.4 is 0 Å². The lowest BCUT2D eigenvalue weighted by atomic mass is 9.96. The zero-order valence-electron chi connectivity index (χ0n) is 10.5. The minimum Gasteiger partial charge on any atom is -0.478 e. The average molecular weight is 246 g/mol. The number of nitrogens with zero attached hydrogens (tertiary/aromatic N) is 2. The van der Waals surface area contributed by atoms with Gasteiger partial charge in [-0.3, -0.25) is 0 Å². The smallest absolute Gasteiger partial charge is 0.335 e. The van der Waals surface area contributed by atoms with E-state index in [9.17, 15) is 4.79 Å². The van der Waals surface area contributed by atoms with Crippen molar-refractivity contribution in [1.82, 2.24) is 10.1 Å². The fraction of sp³-hybridized carbons (Fsp3) is 0.308. The first-order valence-electron chi connectivity index (χ1n) is 5.56. The minimum atomic E-state index is -0.979. The van der Waals surface area contributed by atoms with E-state index in [2.05, 4.69) is 10.1 Å². The molecule has 1 aromatic heterocycles. The summed E-state index contributed by atoms with van der Waals surface area (Å²) in [6.07, 6.45) is 0. The van der Waals surface area contributed by atoms with Crippen LogP contribution in [0.1, 0.15) is 37.0 Å². The molecule has 5 nitrogen and oxygen atoms in total. The van der Waals surface area contributed by atoms with Crippen molar-refractivity contribution in [1.29, 1.82) is 0 Å². The first-order valence-corrected chi connectivity index (χ1v) is 5.56. The van der Waals surface area contributed by atoms with Gasteiger partial charge in [0.15, 0.2) is 5.82 Å². The van der Waals surface area contributed by atoms with E-state index >= 15 is 0 Å². The van der Waals surface area contributed by atoms with Crippen LogP contribution in [0.25, 0.3) is 11.5 Å². The lowest BCUT2D eigenvalue weighted by molar-refractivity contribution is 0.0697. The van der Waals surface area contributed by atoms with Crippen molar-refractivity contribution in [3.05, 3.63) is 35.7 Å². The first kappa shape index (κ1) is 12.3. The van der Waals surface area contributed by atoms with Crippen LogP contribution in [0.15, 0.2) is 28.8 Å². The number of hydrogen-bond acceptors (Lipinski definition) is 4. The highest BCUT2D eigenvalue weighted by Gasteiger charge is 2.21. The van der Waals surface area contributed by atoms with E-state index < -0.39 is 5.97 Å². The predicted molar refractivity (Wildman–Crippen MR) is 65.4 cm³/mol. The molecule has 0 aliphatic rings. The maximum Gasteiger partial charge on any atom is 0.335 e. The number of carboxylic acid groups (broad SMARTS) is 1. The molecule has 0 amide bonds. The van der Waals surface area contributed by atoms with Crippen LogP contribution in [0, 0.1) is 0 Å². The molecule has 94 valence electrons. The first-order chi connectivity index (χ1) is 8.38. The molecule has 1 N–H and O–H groups in total. The highest BCUT2D eigenvalue weighted by Crippen LogP contribution is 2.24. The molecule has 0 atom stereocenters. The van der Waals surface area contributed by atoms with Crippen LogP contribution in [0.5, 0.6) is 0 Å². The molecule has 1 heterocycles. The van der Waals surface area contributed by atoms with Crippen molar-refractivity contribution in [3.8, 4) is 11.5 Å². The molecular weight excluding hydrogens is 232 g/mol. The van der Waals surface area contributed by atoms with Gasteiger partial charge < -0.3 is 9.63 Å². The van der Waals surface area contributed by atoms with Gasteiger partial charge in [0.2, 0.25) is 0 Å². The summed E-state index contributed by atoms with van der Waals surface area (Å²) in [7, 11) is 0. The summed E-state index contributed by atoms with van der Waals surface area (Å²) in [6, 6.07) is 6.43. The summed E-state index contributed by atoms with van der Waals surface area (Å²) in [5.41, 5.74) is 0.604. The molecule has 5 heteroatoms. The van der Waals surface area contributed by atoms with Gasteiger partial charge in [-0.1, -0.05) is 32.0 Å². The molecule has 0 aliphatic heterocycles. The van der Waals surface area contributed by atoms with Gasteiger partial charge in [-0.25, -0.2) is 4.79 Å². The van der Waals surface area contributed by atoms with Gasteiger partial charge in [0, 0.05) is 11.0 Å². The molecule has 0 unspecified atom stereocenters. The molecule has 0 fully saturated rings. The summed E-state index contributed by atoms with van der Waals surface area (Å²) in [5.74, 6) is -0.0475. The Morgan fingerprint density at radius 1 is 1.33 bits per heavy atom. The zero-order valence-corrected chi connectivity index (χ0v) is 10.5. The molecule has 0 bridgehead atoms.